The van der Waals surface area contributed by atoms with Gasteiger partial charge in [0.25, 0.3) is 5.91 Å². The number of carbonyl (C=O) groups is 2. The van der Waals surface area contributed by atoms with Crippen molar-refractivity contribution in [2.75, 3.05) is 6.54 Å². The first-order valence-corrected chi connectivity index (χ1v) is 8.71. The standard InChI is InChI=1S/C19H21N3O3/c1-11-5-7-12(8-6-11)15-9-16(21-20-15)18(23)22-10-13-3-2-4-14(13)17(22)19(24)25/h5-9,13-14,17H,2-4,10H2,1H3,(H,20,21)(H,24,25). The number of carboxylic acids is 1. The molecule has 3 atom stereocenters. The SMILES string of the molecule is Cc1ccc(-c2cc(C(=O)N3CC4CCCC4C3C(=O)O)[nH]n2)cc1. The van der Waals surface area contributed by atoms with Gasteiger partial charge in [-0.25, -0.2) is 4.79 Å². The summed E-state index contributed by atoms with van der Waals surface area (Å²) in [6.07, 6.45) is 2.96. The Morgan fingerprint density at radius 3 is 2.72 bits per heavy atom. The Kier molecular flexibility index (Phi) is 3.82. The Labute approximate surface area is 145 Å². The lowest BCUT2D eigenvalue weighted by Crippen LogP contribution is -2.43. The summed E-state index contributed by atoms with van der Waals surface area (Å²) in [7, 11) is 0. The number of aromatic nitrogens is 2. The molecule has 2 heterocycles. The highest BCUT2D eigenvalue weighted by Gasteiger charge is 2.49. The van der Waals surface area contributed by atoms with Gasteiger partial charge in [0.1, 0.15) is 11.7 Å². The molecule has 2 aliphatic rings. The molecule has 1 saturated carbocycles. The average molecular weight is 339 g/mol. The Balaban J connectivity index is 1.59. The highest BCUT2D eigenvalue weighted by molar-refractivity contribution is 5.96. The van der Waals surface area contributed by atoms with Gasteiger partial charge in [-0.15, -0.1) is 0 Å². The normalized spacial score (nSPS) is 25.2. The van der Waals surface area contributed by atoms with Crippen molar-refractivity contribution in [2.24, 2.45) is 11.8 Å². The van der Waals surface area contributed by atoms with E-state index in [1.54, 1.807) is 6.07 Å². The molecule has 2 N–H and O–H groups in total. The number of nitrogens with zero attached hydrogens (tertiary/aromatic N) is 2. The predicted octanol–water partition coefficient (Wildman–Crippen LogP) is 2.71. The molecule has 6 heteroatoms. The number of likely N-dealkylation sites (tertiary alicyclic amines) is 1. The minimum atomic E-state index is -0.902. The van der Waals surface area contributed by atoms with Gasteiger partial charge in [-0.1, -0.05) is 36.2 Å². The summed E-state index contributed by atoms with van der Waals surface area (Å²) in [6, 6.07) is 8.90. The zero-order valence-corrected chi connectivity index (χ0v) is 14.1. The molecule has 1 aromatic carbocycles. The second-order valence-electron chi connectivity index (χ2n) is 7.13. The number of fused-ring (bicyclic) bond motifs is 1. The molecule has 25 heavy (non-hydrogen) atoms. The first kappa shape index (κ1) is 15.9. The quantitative estimate of drug-likeness (QED) is 0.900. The number of amides is 1. The Hall–Kier alpha value is -2.63. The van der Waals surface area contributed by atoms with Crippen molar-refractivity contribution in [1.29, 1.82) is 0 Å². The number of aryl methyl sites for hydroxylation is 1. The van der Waals surface area contributed by atoms with E-state index in [1.807, 2.05) is 31.2 Å². The molecule has 0 radical (unpaired) electrons. The number of carbonyl (C=O) groups excluding carboxylic acids is 1. The lowest BCUT2D eigenvalue weighted by atomic mass is 9.94. The second-order valence-corrected chi connectivity index (χ2v) is 7.13. The average Bonchev–Trinajstić information content (AvgIpc) is 3.29. The van der Waals surface area contributed by atoms with E-state index in [0.29, 0.717) is 23.9 Å². The third-order valence-corrected chi connectivity index (χ3v) is 5.56. The smallest absolute Gasteiger partial charge is 0.326 e. The van der Waals surface area contributed by atoms with Crippen LogP contribution in [-0.4, -0.2) is 44.7 Å². The highest BCUT2D eigenvalue weighted by Crippen LogP contribution is 2.42. The predicted molar refractivity (Wildman–Crippen MR) is 92.1 cm³/mol. The van der Waals surface area contributed by atoms with Gasteiger partial charge < -0.3 is 10.0 Å². The summed E-state index contributed by atoms with van der Waals surface area (Å²) >= 11 is 0. The van der Waals surface area contributed by atoms with Crippen molar-refractivity contribution in [3.8, 4) is 11.3 Å². The van der Waals surface area contributed by atoms with E-state index in [4.69, 9.17) is 0 Å². The number of rotatable bonds is 3. The fourth-order valence-corrected chi connectivity index (χ4v) is 4.29. The monoisotopic (exact) mass is 339 g/mol. The minimum absolute atomic E-state index is 0.0842. The molecule has 1 aromatic heterocycles. The van der Waals surface area contributed by atoms with E-state index in [9.17, 15) is 14.7 Å². The summed E-state index contributed by atoms with van der Waals surface area (Å²) < 4.78 is 0. The van der Waals surface area contributed by atoms with E-state index in [0.717, 1.165) is 30.4 Å². The van der Waals surface area contributed by atoms with Gasteiger partial charge >= 0.3 is 5.97 Å². The number of H-pyrrole nitrogens is 1. The van der Waals surface area contributed by atoms with Crippen molar-refractivity contribution in [1.82, 2.24) is 15.1 Å². The fraction of sp³-hybridized carbons (Fsp3) is 0.421. The molecule has 6 nitrogen and oxygen atoms in total. The zero-order valence-electron chi connectivity index (χ0n) is 14.1. The van der Waals surface area contributed by atoms with E-state index in [-0.39, 0.29) is 11.8 Å². The number of nitrogens with one attached hydrogen (secondary N) is 1. The summed E-state index contributed by atoms with van der Waals surface area (Å²) in [5.41, 5.74) is 3.12. The van der Waals surface area contributed by atoms with Crippen LogP contribution in [0.3, 0.4) is 0 Å². The molecule has 130 valence electrons. The number of aliphatic carboxylic acids is 1. The van der Waals surface area contributed by atoms with Crippen LogP contribution in [0.5, 0.6) is 0 Å². The number of benzene rings is 1. The van der Waals surface area contributed by atoms with Crippen LogP contribution in [0.2, 0.25) is 0 Å². The number of hydrogen-bond donors (Lipinski definition) is 2. The van der Waals surface area contributed by atoms with Crippen LogP contribution < -0.4 is 0 Å². The maximum Gasteiger partial charge on any atom is 0.326 e. The molecule has 1 aliphatic carbocycles. The molecule has 1 amide bonds. The largest absolute Gasteiger partial charge is 0.480 e. The molecular weight excluding hydrogens is 318 g/mol. The molecule has 1 aliphatic heterocycles. The van der Waals surface area contributed by atoms with E-state index in [1.165, 1.54) is 4.90 Å². The van der Waals surface area contributed by atoms with Crippen LogP contribution in [0, 0.1) is 18.8 Å². The van der Waals surface area contributed by atoms with E-state index < -0.39 is 12.0 Å². The second kappa shape index (κ2) is 6.02. The first-order chi connectivity index (χ1) is 12.0. The van der Waals surface area contributed by atoms with Gasteiger partial charge in [-0.05, 0) is 37.7 Å². The Morgan fingerprint density at radius 1 is 1.24 bits per heavy atom. The van der Waals surface area contributed by atoms with Crippen molar-refractivity contribution in [3.63, 3.8) is 0 Å². The van der Waals surface area contributed by atoms with Gasteiger partial charge in [0.15, 0.2) is 0 Å². The van der Waals surface area contributed by atoms with Gasteiger partial charge in [-0.3, -0.25) is 9.89 Å². The first-order valence-electron chi connectivity index (χ1n) is 8.71. The van der Waals surface area contributed by atoms with Crippen LogP contribution in [-0.2, 0) is 4.79 Å². The van der Waals surface area contributed by atoms with Crippen LogP contribution in [0.15, 0.2) is 30.3 Å². The van der Waals surface area contributed by atoms with Crippen LogP contribution in [0.25, 0.3) is 11.3 Å². The topological polar surface area (TPSA) is 86.3 Å². The van der Waals surface area contributed by atoms with Crippen LogP contribution in [0.1, 0.15) is 35.3 Å². The zero-order chi connectivity index (χ0) is 17.6. The minimum Gasteiger partial charge on any atom is -0.480 e. The Morgan fingerprint density at radius 2 is 2.00 bits per heavy atom. The summed E-state index contributed by atoms with van der Waals surface area (Å²) in [5, 5.41) is 16.6. The molecular formula is C19H21N3O3. The maximum atomic E-state index is 12.9. The number of hydrogen-bond acceptors (Lipinski definition) is 3. The summed E-state index contributed by atoms with van der Waals surface area (Å²) in [6.45, 7) is 2.54. The van der Waals surface area contributed by atoms with Crippen LogP contribution >= 0.6 is 0 Å². The number of carboxylic acid groups (broad SMARTS) is 1. The molecule has 0 spiro atoms. The summed E-state index contributed by atoms with van der Waals surface area (Å²) in [5.74, 6) is -0.779. The molecule has 4 rings (SSSR count). The third kappa shape index (κ3) is 2.71. The molecule has 0 bridgehead atoms. The lowest BCUT2D eigenvalue weighted by Gasteiger charge is -2.23. The van der Waals surface area contributed by atoms with Crippen molar-refractivity contribution in [3.05, 3.63) is 41.6 Å². The molecule has 3 unspecified atom stereocenters. The van der Waals surface area contributed by atoms with Gasteiger partial charge in [-0.2, -0.15) is 5.10 Å². The lowest BCUT2D eigenvalue weighted by molar-refractivity contribution is -0.142. The van der Waals surface area contributed by atoms with Gasteiger partial charge in [0, 0.05) is 12.1 Å². The maximum absolute atomic E-state index is 12.9. The highest BCUT2D eigenvalue weighted by atomic mass is 16.4. The van der Waals surface area contributed by atoms with Crippen molar-refractivity contribution < 1.29 is 14.7 Å². The van der Waals surface area contributed by atoms with E-state index >= 15 is 0 Å². The third-order valence-electron chi connectivity index (χ3n) is 5.56. The summed E-state index contributed by atoms with van der Waals surface area (Å²) in [4.78, 5) is 26.1. The van der Waals surface area contributed by atoms with E-state index in [2.05, 4.69) is 10.2 Å². The van der Waals surface area contributed by atoms with Crippen molar-refractivity contribution >= 4 is 11.9 Å². The molecule has 1 saturated heterocycles. The Bertz CT molecular complexity index is 812. The fourth-order valence-electron chi connectivity index (χ4n) is 4.29. The van der Waals surface area contributed by atoms with Gasteiger partial charge in [0.05, 0.1) is 5.69 Å². The molecule has 2 aromatic rings. The molecule has 2 fully saturated rings. The van der Waals surface area contributed by atoms with Gasteiger partial charge in [0.2, 0.25) is 0 Å². The number of aromatic amines is 1. The van der Waals surface area contributed by atoms with Crippen LogP contribution in [0.4, 0.5) is 0 Å². The van der Waals surface area contributed by atoms with Crippen molar-refractivity contribution in [2.45, 2.75) is 32.2 Å².